The van der Waals surface area contributed by atoms with Crippen molar-refractivity contribution < 1.29 is 4.79 Å². The third-order valence-corrected chi connectivity index (χ3v) is 4.45. The highest BCUT2D eigenvalue weighted by Gasteiger charge is 2.21. The van der Waals surface area contributed by atoms with E-state index >= 15 is 0 Å². The van der Waals surface area contributed by atoms with Crippen molar-refractivity contribution in [3.05, 3.63) is 83.4 Å². The zero-order chi connectivity index (χ0) is 17.4. The van der Waals surface area contributed by atoms with E-state index in [2.05, 4.69) is 4.98 Å². The number of rotatable bonds is 2. The fourth-order valence-corrected chi connectivity index (χ4v) is 3.19. The van der Waals surface area contributed by atoms with Crippen LogP contribution in [0.15, 0.2) is 67.3 Å². The summed E-state index contributed by atoms with van der Waals surface area (Å²) in [7, 11) is 0. The van der Waals surface area contributed by atoms with Crippen molar-refractivity contribution in [2.24, 2.45) is 0 Å². The molecular weight excluding hydrogens is 334 g/mol. The normalized spacial score (nSPS) is 11.0. The van der Waals surface area contributed by atoms with Gasteiger partial charge in [0, 0.05) is 23.3 Å². The summed E-state index contributed by atoms with van der Waals surface area (Å²) in [6, 6.07) is 15.5. The van der Waals surface area contributed by atoms with Crippen molar-refractivity contribution in [2.75, 3.05) is 0 Å². The van der Waals surface area contributed by atoms with E-state index < -0.39 is 0 Å². The first-order valence-electron chi connectivity index (χ1n) is 7.83. The Morgan fingerprint density at radius 2 is 1.92 bits per heavy atom. The van der Waals surface area contributed by atoms with Crippen LogP contribution < -0.4 is 0 Å². The molecule has 0 atom stereocenters. The van der Waals surface area contributed by atoms with Crippen molar-refractivity contribution in [1.29, 1.82) is 0 Å². The van der Waals surface area contributed by atoms with Gasteiger partial charge in [-0.3, -0.25) is 9.36 Å². The number of nitrogens with zero attached hydrogens (tertiary/aromatic N) is 3. The van der Waals surface area contributed by atoms with Gasteiger partial charge in [-0.1, -0.05) is 53.6 Å². The summed E-state index contributed by atoms with van der Waals surface area (Å²) >= 11 is 6.67. The number of carbonyl (C=O) groups excluding carboxylic acids is 1. The zero-order valence-corrected chi connectivity index (χ0v) is 14.2. The zero-order valence-electron chi connectivity index (χ0n) is 13.5. The third kappa shape index (κ3) is 2.71. The lowest BCUT2D eigenvalue weighted by molar-refractivity contribution is 0.0961. The Labute approximate surface area is 149 Å². The molecule has 4 aromatic rings. The molecule has 0 fully saturated rings. The predicted molar refractivity (Wildman–Crippen MR) is 98.9 cm³/mol. The molecule has 0 saturated heterocycles. The second-order valence-electron chi connectivity index (χ2n) is 5.81. The molecule has 0 aliphatic carbocycles. The van der Waals surface area contributed by atoms with Gasteiger partial charge in [-0.25, -0.2) is 9.97 Å². The Balaban J connectivity index is 2.06. The van der Waals surface area contributed by atoms with E-state index in [0.717, 1.165) is 22.0 Å². The smallest absolute Gasteiger partial charge is 0.265 e. The fraction of sp³-hybridized carbons (Fsp3) is 0.0500. The maximum Gasteiger partial charge on any atom is 0.265 e. The van der Waals surface area contributed by atoms with Gasteiger partial charge in [0.15, 0.2) is 0 Å². The predicted octanol–water partition coefficient (Wildman–Crippen LogP) is 4.75. The van der Waals surface area contributed by atoms with Gasteiger partial charge in [0.1, 0.15) is 6.33 Å². The van der Waals surface area contributed by atoms with E-state index in [1.54, 1.807) is 12.4 Å². The first kappa shape index (κ1) is 15.5. The van der Waals surface area contributed by atoms with Gasteiger partial charge < -0.3 is 0 Å². The topological polar surface area (TPSA) is 47.8 Å². The lowest BCUT2D eigenvalue weighted by Gasteiger charge is -2.13. The molecule has 4 rings (SSSR count). The van der Waals surface area contributed by atoms with Crippen LogP contribution in [0.1, 0.15) is 15.9 Å². The monoisotopic (exact) mass is 347 g/mol. The van der Waals surface area contributed by atoms with Crippen LogP contribution in [0.25, 0.3) is 22.2 Å². The lowest BCUT2D eigenvalue weighted by Crippen LogP contribution is -2.12. The highest BCUT2D eigenvalue weighted by atomic mass is 35.5. The van der Waals surface area contributed by atoms with Crippen LogP contribution in [0, 0.1) is 6.92 Å². The highest BCUT2D eigenvalue weighted by Crippen LogP contribution is 2.34. The number of imidazole rings is 1. The molecule has 0 unspecified atom stereocenters. The number of fused-ring (bicyclic) bond motifs is 1. The molecule has 0 aliphatic heterocycles. The van der Waals surface area contributed by atoms with Gasteiger partial charge in [0.2, 0.25) is 0 Å². The van der Waals surface area contributed by atoms with E-state index in [1.807, 2.05) is 55.5 Å². The minimum Gasteiger partial charge on any atom is -0.272 e. The molecule has 0 N–H and O–H groups in total. The van der Waals surface area contributed by atoms with Crippen molar-refractivity contribution in [3.8, 4) is 11.3 Å². The van der Waals surface area contributed by atoms with Crippen LogP contribution in [0.2, 0.25) is 5.02 Å². The Hall–Kier alpha value is -2.98. The Morgan fingerprint density at radius 3 is 2.64 bits per heavy atom. The molecule has 2 heterocycles. The average molecular weight is 348 g/mol. The molecule has 0 bridgehead atoms. The summed E-state index contributed by atoms with van der Waals surface area (Å²) in [4.78, 5) is 21.7. The molecule has 0 radical (unpaired) electrons. The average Bonchev–Trinajstić information content (AvgIpc) is 3.16. The molecule has 0 aliphatic rings. The highest BCUT2D eigenvalue weighted by molar-refractivity contribution is 6.38. The number of carbonyl (C=O) groups is 1. The van der Waals surface area contributed by atoms with E-state index in [9.17, 15) is 4.79 Å². The van der Waals surface area contributed by atoms with Gasteiger partial charge in [-0.2, -0.15) is 0 Å². The molecule has 2 aromatic carbocycles. The molecule has 0 amide bonds. The number of aryl methyl sites for hydroxylation is 1. The second kappa shape index (κ2) is 6.15. The van der Waals surface area contributed by atoms with E-state index in [0.29, 0.717) is 16.3 Å². The first-order chi connectivity index (χ1) is 12.1. The van der Waals surface area contributed by atoms with E-state index in [1.165, 1.54) is 10.9 Å². The number of halogens is 1. The van der Waals surface area contributed by atoms with Crippen LogP contribution in [-0.4, -0.2) is 20.4 Å². The Kier molecular flexibility index (Phi) is 3.82. The van der Waals surface area contributed by atoms with Gasteiger partial charge in [0.05, 0.1) is 21.8 Å². The number of hydrogen-bond acceptors (Lipinski definition) is 3. The van der Waals surface area contributed by atoms with Crippen LogP contribution in [0.5, 0.6) is 0 Å². The number of benzene rings is 2. The SMILES string of the molecule is Cc1ccc2nc(-c3ccccc3)c(Cl)c(C(=O)n3ccnc3)c2c1. The number of pyridine rings is 1. The summed E-state index contributed by atoms with van der Waals surface area (Å²) < 4.78 is 1.43. The first-order valence-corrected chi connectivity index (χ1v) is 8.21. The fourth-order valence-electron chi connectivity index (χ4n) is 2.86. The molecule has 4 nitrogen and oxygen atoms in total. The maximum atomic E-state index is 13.0. The Morgan fingerprint density at radius 1 is 1.12 bits per heavy atom. The van der Waals surface area contributed by atoms with Crippen molar-refractivity contribution in [1.82, 2.24) is 14.5 Å². The van der Waals surface area contributed by atoms with Crippen LogP contribution in [-0.2, 0) is 0 Å². The molecular formula is C20H14ClN3O. The largest absolute Gasteiger partial charge is 0.272 e. The quantitative estimate of drug-likeness (QED) is 0.525. The minimum absolute atomic E-state index is 0.224. The maximum absolute atomic E-state index is 13.0. The van der Waals surface area contributed by atoms with Gasteiger partial charge in [-0.05, 0) is 19.1 Å². The number of hydrogen-bond donors (Lipinski definition) is 0. The van der Waals surface area contributed by atoms with Crippen LogP contribution in [0.3, 0.4) is 0 Å². The summed E-state index contributed by atoms with van der Waals surface area (Å²) in [6.07, 6.45) is 4.66. The van der Waals surface area contributed by atoms with Gasteiger partial charge in [0.25, 0.3) is 5.91 Å². The molecule has 5 heteroatoms. The summed E-state index contributed by atoms with van der Waals surface area (Å²) in [6.45, 7) is 1.98. The third-order valence-electron chi connectivity index (χ3n) is 4.08. The summed E-state index contributed by atoms with van der Waals surface area (Å²) in [5.41, 5.74) is 3.68. The minimum atomic E-state index is -0.224. The molecule has 122 valence electrons. The number of aromatic nitrogens is 3. The van der Waals surface area contributed by atoms with Crippen molar-refractivity contribution >= 4 is 28.4 Å². The van der Waals surface area contributed by atoms with Gasteiger partial charge >= 0.3 is 0 Å². The van der Waals surface area contributed by atoms with E-state index in [-0.39, 0.29) is 5.91 Å². The van der Waals surface area contributed by atoms with E-state index in [4.69, 9.17) is 16.6 Å². The van der Waals surface area contributed by atoms with Crippen molar-refractivity contribution in [3.63, 3.8) is 0 Å². The molecule has 0 spiro atoms. The van der Waals surface area contributed by atoms with Crippen molar-refractivity contribution in [2.45, 2.75) is 6.92 Å². The molecule has 25 heavy (non-hydrogen) atoms. The van der Waals surface area contributed by atoms with Crippen LogP contribution in [0.4, 0.5) is 0 Å². The summed E-state index contributed by atoms with van der Waals surface area (Å²) in [5, 5.41) is 1.09. The second-order valence-corrected chi connectivity index (χ2v) is 6.19. The molecule has 0 saturated carbocycles. The Bertz CT molecular complexity index is 1070. The lowest BCUT2D eigenvalue weighted by atomic mass is 10.0. The van der Waals surface area contributed by atoms with Crippen LogP contribution >= 0.6 is 11.6 Å². The van der Waals surface area contributed by atoms with Gasteiger partial charge in [-0.15, -0.1) is 0 Å². The standard InChI is InChI=1S/C20H14ClN3O/c1-13-7-8-16-15(11-13)17(20(25)24-10-9-22-12-24)18(21)19(23-16)14-5-3-2-4-6-14/h2-12H,1H3. The molecule has 2 aromatic heterocycles. The summed E-state index contributed by atoms with van der Waals surface area (Å²) in [5.74, 6) is -0.224.